The Morgan fingerprint density at radius 1 is 1.50 bits per heavy atom. The van der Waals surface area contributed by atoms with E-state index in [1.165, 1.54) is 0 Å². The molecular weight excluding hydrogens is 296 g/mol. The number of ether oxygens (including phenoxy) is 1. The molecule has 1 amide bonds. The molecule has 2 rings (SSSR count). The first-order valence-electron chi connectivity index (χ1n) is 6.06. The largest absolute Gasteiger partial charge is 0.370 e. The van der Waals surface area contributed by atoms with Crippen LogP contribution in [0, 0.1) is 0 Å². The van der Waals surface area contributed by atoms with Crippen molar-refractivity contribution in [2.24, 2.45) is 5.73 Å². The van der Waals surface area contributed by atoms with Crippen LogP contribution in [0.25, 0.3) is 0 Å². The van der Waals surface area contributed by atoms with Gasteiger partial charge in [0.15, 0.2) is 0 Å². The lowest BCUT2D eigenvalue weighted by Gasteiger charge is -2.33. The van der Waals surface area contributed by atoms with Crippen LogP contribution in [0.4, 0.5) is 0 Å². The van der Waals surface area contributed by atoms with Crippen LogP contribution >= 0.6 is 15.9 Å². The molecule has 2 N–H and O–H groups in total. The normalized spacial score (nSPS) is 19.9. The lowest BCUT2D eigenvalue weighted by atomic mass is 10.1. The van der Waals surface area contributed by atoms with Crippen molar-refractivity contribution < 1.29 is 9.53 Å². The summed E-state index contributed by atoms with van der Waals surface area (Å²) in [5.41, 5.74) is 6.51. The quantitative estimate of drug-likeness (QED) is 0.924. The Morgan fingerprint density at radius 2 is 2.28 bits per heavy atom. The summed E-state index contributed by atoms with van der Waals surface area (Å²) in [5, 5.41) is 0. The average Bonchev–Trinajstić information content (AvgIpc) is 2.40. The summed E-state index contributed by atoms with van der Waals surface area (Å²) >= 11 is 3.52. The first-order valence-corrected chi connectivity index (χ1v) is 6.85. The van der Waals surface area contributed by atoms with Gasteiger partial charge in [-0.05, 0) is 11.6 Å². The third-order valence-electron chi connectivity index (χ3n) is 3.03. The molecule has 0 radical (unpaired) electrons. The fourth-order valence-electron chi connectivity index (χ4n) is 2.08. The third kappa shape index (κ3) is 3.10. The van der Waals surface area contributed by atoms with E-state index in [1.54, 1.807) is 0 Å². The van der Waals surface area contributed by atoms with E-state index in [2.05, 4.69) is 15.9 Å². The number of morpholine rings is 1. The highest BCUT2D eigenvalue weighted by Gasteiger charge is 2.25. The zero-order chi connectivity index (χ0) is 13.0. The maximum Gasteiger partial charge on any atom is 0.224 e. The van der Waals surface area contributed by atoms with Crippen molar-refractivity contribution in [2.45, 2.75) is 12.5 Å². The molecule has 0 saturated carbocycles. The average molecular weight is 313 g/mol. The SMILES string of the molecule is NCCC(=O)N1CCO[C@H](c2ccccc2Br)C1. The van der Waals surface area contributed by atoms with Gasteiger partial charge in [-0.15, -0.1) is 0 Å². The molecule has 18 heavy (non-hydrogen) atoms. The first-order chi connectivity index (χ1) is 8.72. The molecule has 0 aromatic heterocycles. The van der Waals surface area contributed by atoms with Crippen molar-refractivity contribution in [1.82, 2.24) is 4.90 Å². The second-order valence-electron chi connectivity index (χ2n) is 4.26. The number of carbonyl (C=O) groups is 1. The van der Waals surface area contributed by atoms with E-state index in [9.17, 15) is 4.79 Å². The molecule has 1 aromatic rings. The standard InChI is InChI=1S/C13H17BrN2O2/c14-11-4-2-1-3-10(11)12-9-16(7-8-18-12)13(17)5-6-15/h1-4,12H,5-9,15H2/t12-/m0/s1. The van der Waals surface area contributed by atoms with Crippen LogP contribution in [0.3, 0.4) is 0 Å². The lowest BCUT2D eigenvalue weighted by molar-refractivity contribution is -0.138. The van der Waals surface area contributed by atoms with E-state index >= 15 is 0 Å². The minimum Gasteiger partial charge on any atom is -0.370 e. The van der Waals surface area contributed by atoms with E-state index in [-0.39, 0.29) is 12.0 Å². The third-order valence-corrected chi connectivity index (χ3v) is 3.75. The zero-order valence-corrected chi connectivity index (χ0v) is 11.7. The van der Waals surface area contributed by atoms with Crippen molar-refractivity contribution in [3.8, 4) is 0 Å². The molecule has 0 aliphatic carbocycles. The molecule has 1 aliphatic rings. The van der Waals surface area contributed by atoms with Crippen LogP contribution in [-0.4, -0.2) is 37.0 Å². The molecule has 5 heteroatoms. The lowest BCUT2D eigenvalue weighted by Crippen LogP contribution is -2.42. The number of hydrogen-bond donors (Lipinski definition) is 1. The maximum absolute atomic E-state index is 11.8. The predicted octanol–water partition coefficient (Wildman–Crippen LogP) is 1.70. The molecule has 1 atom stereocenters. The fraction of sp³-hybridized carbons (Fsp3) is 0.462. The highest BCUT2D eigenvalue weighted by Crippen LogP contribution is 2.28. The number of nitrogens with two attached hydrogens (primary N) is 1. The number of carbonyl (C=O) groups excluding carboxylic acids is 1. The van der Waals surface area contributed by atoms with Crippen LogP contribution in [0.5, 0.6) is 0 Å². The predicted molar refractivity (Wildman–Crippen MR) is 73.1 cm³/mol. The molecule has 0 unspecified atom stereocenters. The minimum absolute atomic E-state index is 0.0592. The molecule has 4 nitrogen and oxygen atoms in total. The summed E-state index contributed by atoms with van der Waals surface area (Å²) in [6, 6.07) is 7.95. The highest BCUT2D eigenvalue weighted by molar-refractivity contribution is 9.10. The Hall–Kier alpha value is -0.910. The Kier molecular flexibility index (Phi) is 4.74. The Morgan fingerprint density at radius 3 is 3.00 bits per heavy atom. The molecule has 0 bridgehead atoms. The molecule has 98 valence electrons. The van der Waals surface area contributed by atoms with Crippen LogP contribution in [0.2, 0.25) is 0 Å². The summed E-state index contributed by atoms with van der Waals surface area (Å²) in [6.07, 6.45) is 0.346. The number of halogens is 1. The summed E-state index contributed by atoms with van der Waals surface area (Å²) in [7, 11) is 0. The van der Waals surface area contributed by atoms with Crippen LogP contribution in [0.15, 0.2) is 28.7 Å². The van der Waals surface area contributed by atoms with E-state index in [0.29, 0.717) is 32.7 Å². The molecule has 1 aliphatic heterocycles. The van der Waals surface area contributed by atoms with Crippen molar-refractivity contribution in [3.05, 3.63) is 34.3 Å². The van der Waals surface area contributed by atoms with Crippen molar-refractivity contribution in [2.75, 3.05) is 26.2 Å². The van der Waals surface area contributed by atoms with Gasteiger partial charge in [-0.2, -0.15) is 0 Å². The second kappa shape index (κ2) is 6.31. The minimum atomic E-state index is -0.0592. The second-order valence-corrected chi connectivity index (χ2v) is 5.11. The van der Waals surface area contributed by atoms with Gasteiger partial charge in [0.25, 0.3) is 0 Å². The number of hydrogen-bond acceptors (Lipinski definition) is 3. The molecule has 1 heterocycles. The Labute approximate surface area is 115 Å². The topological polar surface area (TPSA) is 55.6 Å². The van der Waals surface area contributed by atoms with Crippen LogP contribution < -0.4 is 5.73 Å². The molecule has 0 spiro atoms. The molecular formula is C13H17BrN2O2. The van der Waals surface area contributed by atoms with E-state index in [1.807, 2.05) is 29.2 Å². The van der Waals surface area contributed by atoms with E-state index in [0.717, 1.165) is 10.0 Å². The van der Waals surface area contributed by atoms with Gasteiger partial charge >= 0.3 is 0 Å². The van der Waals surface area contributed by atoms with Crippen molar-refractivity contribution >= 4 is 21.8 Å². The maximum atomic E-state index is 11.8. The summed E-state index contributed by atoms with van der Waals surface area (Å²) in [5.74, 6) is 0.109. The monoisotopic (exact) mass is 312 g/mol. The number of rotatable bonds is 3. The van der Waals surface area contributed by atoms with Gasteiger partial charge in [0.2, 0.25) is 5.91 Å². The van der Waals surface area contributed by atoms with Crippen LogP contribution in [-0.2, 0) is 9.53 Å². The van der Waals surface area contributed by atoms with Crippen LogP contribution in [0.1, 0.15) is 18.1 Å². The van der Waals surface area contributed by atoms with Gasteiger partial charge in [-0.25, -0.2) is 0 Å². The highest BCUT2D eigenvalue weighted by atomic mass is 79.9. The van der Waals surface area contributed by atoms with Gasteiger partial charge in [-0.3, -0.25) is 4.79 Å². The van der Waals surface area contributed by atoms with Gasteiger partial charge in [0.1, 0.15) is 6.10 Å². The van der Waals surface area contributed by atoms with Crippen molar-refractivity contribution in [3.63, 3.8) is 0 Å². The summed E-state index contributed by atoms with van der Waals surface area (Å²) in [4.78, 5) is 13.7. The fourth-order valence-corrected chi connectivity index (χ4v) is 2.62. The molecule has 1 saturated heterocycles. The first kappa shape index (κ1) is 13.5. The van der Waals surface area contributed by atoms with E-state index < -0.39 is 0 Å². The van der Waals surface area contributed by atoms with Gasteiger partial charge in [-0.1, -0.05) is 34.1 Å². The molecule has 1 fully saturated rings. The number of nitrogens with zero attached hydrogens (tertiary/aromatic N) is 1. The number of amides is 1. The number of benzene rings is 1. The molecule has 1 aromatic carbocycles. The van der Waals surface area contributed by atoms with E-state index in [4.69, 9.17) is 10.5 Å². The Bertz CT molecular complexity index is 425. The summed E-state index contributed by atoms with van der Waals surface area (Å²) in [6.45, 7) is 2.22. The van der Waals surface area contributed by atoms with Gasteiger partial charge < -0.3 is 15.4 Å². The smallest absolute Gasteiger partial charge is 0.224 e. The van der Waals surface area contributed by atoms with Gasteiger partial charge in [0.05, 0.1) is 13.2 Å². The summed E-state index contributed by atoms with van der Waals surface area (Å²) < 4.78 is 6.77. The zero-order valence-electron chi connectivity index (χ0n) is 10.1. The van der Waals surface area contributed by atoms with Crippen molar-refractivity contribution in [1.29, 1.82) is 0 Å². The Balaban J connectivity index is 2.07. The van der Waals surface area contributed by atoms with Gasteiger partial charge in [0, 0.05) is 24.0 Å².